The van der Waals surface area contributed by atoms with Crippen LogP contribution in [0, 0.1) is 45.3 Å². The Kier molecular flexibility index (Phi) is 23.9. The number of nitriles is 2. The number of hydrogen-bond donors (Lipinski definition) is 6. The van der Waals surface area contributed by atoms with E-state index < -0.39 is 48.0 Å². The van der Waals surface area contributed by atoms with Gasteiger partial charge in [-0.05, 0) is 109 Å². The number of carbonyl (C=O) groups is 7. The van der Waals surface area contributed by atoms with E-state index in [-0.39, 0.29) is 78.0 Å². The molecule has 0 radical (unpaired) electrons. The van der Waals surface area contributed by atoms with Crippen LogP contribution in [0.4, 0.5) is 4.79 Å². The molecule has 3 aliphatic rings. The van der Waals surface area contributed by atoms with Crippen LogP contribution in [0.15, 0.2) is 85.2 Å². The Bertz CT molecular complexity index is 3580. The van der Waals surface area contributed by atoms with Crippen molar-refractivity contribution >= 4 is 75.6 Å². The number of amides is 6. The molecular formula is C66H83ClN12O10. The quantitative estimate of drug-likeness (QED) is 0.0440. The number of aromatic nitrogens is 4. The first kappa shape index (κ1) is 69.1. The molecule has 0 unspecified atom stereocenters. The molecule has 6 aromatic rings. The molecule has 22 nitrogen and oxygen atoms in total. The molecule has 6 heterocycles. The number of methoxy groups -OCH3 is 2. The highest BCUT2D eigenvalue weighted by molar-refractivity contribution is 6.02. The molecule has 9 rings (SSSR count). The zero-order valence-electron chi connectivity index (χ0n) is 52.6. The summed E-state index contributed by atoms with van der Waals surface area (Å²) in [6.45, 7) is 14.8. The standard InChI is InChI=1S/C30H36N4O4.C25H34N6O4.C11H12N2O2.ClH/c1-30(2,3)16-26(28(36)33-20(17-31)15-19-9-8-14-32-27(19)35)34-29(37)38-18-25-23-12-6-4-10-21(23)22-11-5-7-13-24(22)25;1-25(2,3)13-18(22(33)29-16(14-26)11-15-7-6-9-27-21(15)32)30-23(34)20-12-17-19(31(20)4)8-10-28-24(17)35-5;1-7(14)10-6-8-9(13(10)2)4-5-12-11(8)15-3;/h4-7,10-13,19-20,25-26H,8-9,14-16,18H2,1-3H3,(H,32,35)(H,33,36)(H,34,37);8,10,12,15-16,18H,6-7,9,11,13H2,1-5H3,(H,27,32)(H,29,33)(H,30,34);4-6H,1-3H3;1H/t19-,20-,26-;15-,16-,18-;;/m00../s1. The number of benzene rings is 2. The third-order valence-electron chi connectivity index (χ3n) is 15.8. The van der Waals surface area contributed by atoms with E-state index in [4.69, 9.17) is 14.2 Å². The van der Waals surface area contributed by atoms with Gasteiger partial charge >= 0.3 is 6.09 Å². The van der Waals surface area contributed by atoms with Gasteiger partial charge in [-0.3, -0.25) is 28.8 Å². The fourth-order valence-electron chi connectivity index (χ4n) is 11.5. The van der Waals surface area contributed by atoms with Crippen LogP contribution in [0.1, 0.15) is 138 Å². The van der Waals surface area contributed by atoms with Gasteiger partial charge in [0.05, 0.1) is 53.9 Å². The number of fused-ring (bicyclic) bond motifs is 5. The number of carbonyl (C=O) groups excluding carboxylic acids is 7. The second-order valence-electron chi connectivity index (χ2n) is 24.9. The van der Waals surface area contributed by atoms with Crippen molar-refractivity contribution in [3.8, 4) is 35.0 Å². The lowest BCUT2D eigenvalue weighted by Gasteiger charge is -2.28. The third-order valence-corrected chi connectivity index (χ3v) is 15.8. The maximum absolute atomic E-state index is 13.3. The lowest BCUT2D eigenvalue weighted by Crippen LogP contribution is -2.51. The average Bonchev–Trinajstić information content (AvgIpc) is 2.46. The Hall–Kier alpha value is -9.02. The normalized spacial score (nSPS) is 16.6. The molecule has 0 saturated carbocycles. The number of alkyl carbamates (subject to hydrolysis) is 1. The molecular weight excluding hydrogens is 1160 g/mol. The topological polar surface area (TPSA) is 303 Å². The smallest absolute Gasteiger partial charge is 0.407 e. The predicted molar refractivity (Wildman–Crippen MR) is 339 cm³/mol. The Balaban J connectivity index is 0.000000229. The van der Waals surface area contributed by atoms with Crippen molar-refractivity contribution in [2.75, 3.05) is 33.9 Å². The number of rotatable bonds is 18. The highest BCUT2D eigenvalue weighted by Gasteiger charge is 2.35. The molecule has 89 heavy (non-hydrogen) atoms. The molecule has 2 fully saturated rings. The van der Waals surface area contributed by atoms with Gasteiger partial charge in [-0.15, -0.1) is 12.4 Å². The molecule has 0 spiro atoms. The first-order chi connectivity index (χ1) is 41.8. The van der Waals surface area contributed by atoms with Gasteiger partial charge in [-0.2, -0.15) is 10.5 Å². The summed E-state index contributed by atoms with van der Waals surface area (Å²) in [6, 6.07) is 24.1. The van der Waals surface area contributed by atoms with E-state index in [2.05, 4.69) is 66.1 Å². The molecule has 2 aliphatic heterocycles. The number of nitrogens with zero attached hydrogens (tertiary/aromatic N) is 6. The summed E-state index contributed by atoms with van der Waals surface area (Å²) in [4.78, 5) is 96.4. The van der Waals surface area contributed by atoms with E-state index in [1.165, 1.54) is 7.11 Å². The molecule has 0 bridgehead atoms. The van der Waals surface area contributed by atoms with Gasteiger partial charge < -0.3 is 55.2 Å². The van der Waals surface area contributed by atoms with E-state index in [9.17, 15) is 44.1 Å². The Labute approximate surface area is 526 Å². The maximum atomic E-state index is 13.3. The van der Waals surface area contributed by atoms with Gasteiger partial charge in [0.25, 0.3) is 5.91 Å². The minimum Gasteiger partial charge on any atom is -0.481 e. The van der Waals surface area contributed by atoms with Crippen LogP contribution >= 0.6 is 12.4 Å². The van der Waals surface area contributed by atoms with E-state index in [0.29, 0.717) is 67.3 Å². The lowest BCUT2D eigenvalue weighted by atomic mass is 9.87. The molecule has 4 aromatic heterocycles. The summed E-state index contributed by atoms with van der Waals surface area (Å²) in [5.41, 5.74) is 6.68. The van der Waals surface area contributed by atoms with Crippen molar-refractivity contribution in [3.05, 3.63) is 108 Å². The summed E-state index contributed by atoms with van der Waals surface area (Å²) in [6.07, 6.45) is 6.84. The van der Waals surface area contributed by atoms with Crippen LogP contribution in [-0.4, -0.2) is 119 Å². The van der Waals surface area contributed by atoms with Gasteiger partial charge in [-0.25, -0.2) is 14.8 Å². The van der Waals surface area contributed by atoms with Gasteiger partial charge in [0.15, 0.2) is 5.78 Å². The van der Waals surface area contributed by atoms with Crippen LogP contribution in [0.5, 0.6) is 11.8 Å². The number of ether oxygens (including phenoxy) is 3. The number of nitrogens with one attached hydrogen (secondary N) is 6. The fourth-order valence-corrected chi connectivity index (χ4v) is 11.5. The fraction of sp³-hybridized carbons (Fsp3) is 0.470. The molecule has 2 saturated heterocycles. The minimum absolute atomic E-state index is 0. The van der Waals surface area contributed by atoms with Crippen LogP contribution in [0.25, 0.3) is 32.9 Å². The number of aryl methyl sites for hydroxylation is 2. The summed E-state index contributed by atoms with van der Waals surface area (Å²) < 4.78 is 19.7. The van der Waals surface area contributed by atoms with Crippen LogP contribution in [0.3, 0.4) is 0 Å². The number of halogens is 1. The minimum atomic E-state index is -0.887. The van der Waals surface area contributed by atoms with E-state index >= 15 is 0 Å². The van der Waals surface area contributed by atoms with Gasteiger partial charge in [0, 0.05) is 64.3 Å². The monoisotopic (exact) mass is 1240 g/mol. The van der Waals surface area contributed by atoms with Gasteiger partial charge in [-0.1, -0.05) is 90.1 Å². The predicted octanol–water partition coefficient (Wildman–Crippen LogP) is 8.50. The Morgan fingerprint density at radius 2 is 1.08 bits per heavy atom. The van der Waals surface area contributed by atoms with Crippen molar-refractivity contribution < 1.29 is 47.8 Å². The summed E-state index contributed by atoms with van der Waals surface area (Å²) in [5.74, 6) is -1.24. The summed E-state index contributed by atoms with van der Waals surface area (Å²) in [5, 5.41) is 37.5. The molecule has 2 aromatic carbocycles. The average molecular weight is 1240 g/mol. The third kappa shape index (κ3) is 17.8. The molecule has 474 valence electrons. The molecule has 1 aliphatic carbocycles. The molecule has 23 heteroatoms. The number of piperidine rings is 2. The summed E-state index contributed by atoms with van der Waals surface area (Å²) >= 11 is 0. The molecule has 6 amide bonds. The summed E-state index contributed by atoms with van der Waals surface area (Å²) in [7, 11) is 6.71. The highest BCUT2D eigenvalue weighted by Crippen LogP contribution is 2.44. The van der Waals surface area contributed by atoms with Crippen LogP contribution in [-0.2, 0) is 38.0 Å². The van der Waals surface area contributed by atoms with Crippen molar-refractivity contribution in [2.45, 2.75) is 130 Å². The Morgan fingerprint density at radius 1 is 0.652 bits per heavy atom. The Morgan fingerprint density at radius 3 is 1.49 bits per heavy atom. The van der Waals surface area contributed by atoms with Gasteiger partial charge in [0.1, 0.15) is 36.5 Å². The largest absolute Gasteiger partial charge is 0.481 e. The van der Waals surface area contributed by atoms with E-state index in [1.807, 2.05) is 102 Å². The first-order valence-corrected chi connectivity index (χ1v) is 29.7. The zero-order valence-corrected chi connectivity index (χ0v) is 53.4. The van der Waals surface area contributed by atoms with Crippen LogP contribution < -0.4 is 41.4 Å². The number of pyridine rings is 2. The van der Waals surface area contributed by atoms with E-state index in [1.54, 1.807) is 50.2 Å². The van der Waals surface area contributed by atoms with E-state index in [0.717, 1.165) is 51.5 Å². The second kappa shape index (κ2) is 30.7. The number of hydrogen-bond acceptors (Lipinski definition) is 14. The van der Waals surface area contributed by atoms with Crippen molar-refractivity contribution in [1.29, 1.82) is 10.5 Å². The molecule has 6 N–H and O–H groups in total. The SMILES string of the molecule is CC(C)(C)C[C@H](NC(=O)OCC1c2ccccc2-c2ccccc21)C(=O)N[C@H](C#N)C[C@@H]1CCCNC1=O.COc1nccc2c1cc(C(=O)N[C@@H](CC(C)(C)C)C(=O)N[C@H](C#N)C[C@@H]1CCCNC1=O)n2C.COc1nccc2c1cc(C(C)=O)n2C.Cl. The molecule has 6 atom stereocenters. The lowest BCUT2D eigenvalue weighted by molar-refractivity contribution is -0.128. The van der Waals surface area contributed by atoms with Crippen molar-refractivity contribution in [3.63, 3.8) is 0 Å². The first-order valence-electron chi connectivity index (χ1n) is 29.7. The zero-order chi connectivity index (χ0) is 64.0. The van der Waals surface area contributed by atoms with Crippen molar-refractivity contribution in [1.82, 2.24) is 51.0 Å². The van der Waals surface area contributed by atoms with Crippen LogP contribution in [0.2, 0.25) is 0 Å². The maximum Gasteiger partial charge on any atom is 0.407 e. The van der Waals surface area contributed by atoms with Gasteiger partial charge in [0.2, 0.25) is 35.4 Å². The highest BCUT2D eigenvalue weighted by atomic mass is 35.5. The van der Waals surface area contributed by atoms with Crippen molar-refractivity contribution in [2.24, 2.45) is 36.8 Å². The number of ketones is 1. The second-order valence-corrected chi connectivity index (χ2v) is 24.9. The number of Topliss-reactive ketones (excluding diaryl/α,β-unsaturated/α-hetero) is 1.